The molecule has 3 nitrogen and oxygen atoms in total. The van der Waals surface area contributed by atoms with Gasteiger partial charge in [0.2, 0.25) is 0 Å². The van der Waals surface area contributed by atoms with E-state index in [4.69, 9.17) is 16.3 Å². The van der Waals surface area contributed by atoms with Crippen LogP contribution >= 0.6 is 11.6 Å². The highest BCUT2D eigenvalue weighted by molar-refractivity contribution is 6.17. The smallest absolute Gasteiger partial charge is 0.410 e. The molecule has 0 heterocycles. The average Bonchev–Trinajstić information content (AvgIpc) is 2.88. The van der Waals surface area contributed by atoms with Gasteiger partial charge in [-0.1, -0.05) is 180 Å². The van der Waals surface area contributed by atoms with E-state index in [9.17, 15) is 4.79 Å². The SMILES string of the molecule is CCCCCCCCCCCCCCCN(CCCCCCCCCCCCCCC)C(=O)OCCl. The van der Waals surface area contributed by atoms with Gasteiger partial charge in [-0.3, -0.25) is 0 Å². The Morgan fingerprint density at radius 2 is 0.722 bits per heavy atom. The standard InChI is InChI=1S/C32H64ClNO2/c1-3-5-7-9-11-13-15-17-19-21-23-25-27-29-34(32(35)36-31-33)30-28-26-24-22-20-18-16-14-12-10-8-6-4-2/h3-31H2,1-2H3. The first-order valence-electron chi connectivity index (χ1n) is 16.2. The fourth-order valence-electron chi connectivity index (χ4n) is 5.07. The van der Waals surface area contributed by atoms with Gasteiger partial charge in [-0.2, -0.15) is 0 Å². The van der Waals surface area contributed by atoms with Gasteiger partial charge >= 0.3 is 6.09 Å². The Bertz CT molecular complexity index is 402. The molecule has 0 aromatic rings. The number of unbranched alkanes of at least 4 members (excludes halogenated alkanes) is 24. The number of carbonyl (C=O) groups excluding carboxylic acids is 1. The van der Waals surface area contributed by atoms with E-state index < -0.39 is 0 Å². The minimum Gasteiger partial charge on any atom is -0.433 e. The third-order valence-corrected chi connectivity index (χ3v) is 7.61. The predicted molar refractivity (Wildman–Crippen MR) is 160 cm³/mol. The van der Waals surface area contributed by atoms with Gasteiger partial charge in [-0.25, -0.2) is 4.79 Å². The molecule has 0 atom stereocenters. The molecule has 0 aliphatic carbocycles. The molecule has 0 aliphatic rings. The highest BCUT2D eigenvalue weighted by Crippen LogP contribution is 2.15. The van der Waals surface area contributed by atoms with Gasteiger partial charge in [0.25, 0.3) is 0 Å². The molecule has 4 heteroatoms. The topological polar surface area (TPSA) is 29.5 Å². The minimum atomic E-state index is -0.233. The molecule has 0 spiro atoms. The molecule has 0 radical (unpaired) electrons. The van der Waals surface area contributed by atoms with Crippen LogP contribution in [0.4, 0.5) is 4.79 Å². The van der Waals surface area contributed by atoms with Crippen LogP contribution in [-0.2, 0) is 4.74 Å². The molecule has 0 aromatic heterocycles. The molecule has 0 fully saturated rings. The van der Waals surface area contributed by atoms with E-state index in [-0.39, 0.29) is 12.2 Å². The van der Waals surface area contributed by atoms with Crippen molar-refractivity contribution >= 4 is 17.7 Å². The van der Waals surface area contributed by atoms with E-state index in [1.807, 2.05) is 4.90 Å². The monoisotopic (exact) mass is 529 g/mol. The van der Waals surface area contributed by atoms with Crippen LogP contribution in [0, 0.1) is 0 Å². The van der Waals surface area contributed by atoms with Crippen LogP contribution < -0.4 is 0 Å². The molecule has 0 rings (SSSR count). The van der Waals surface area contributed by atoms with E-state index >= 15 is 0 Å². The van der Waals surface area contributed by atoms with Crippen molar-refractivity contribution in [1.82, 2.24) is 4.90 Å². The van der Waals surface area contributed by atoms with Crippen LogP contribution in [0.25, 0.3) is 0 Å². The molecular weight excluding hydrogens is 466 g/mol. The fourth-order valence-corrected chi connectivity index (χ4v) is 5.17. The number of ether oxygens (including phenoxy) is 1. The molecule has 0 aliphatic heterocycles. The number of halogens is 1. The lowest BCUT2D eigenvalue weighted by Crippen LogP contribution is -2.33. The zero-order valence-electron chi connectivity index (χ0n) is 24.6. The minimum absolute atomic E-state index is 0.0491. The Balaban J connectivity index is 3.63. The van der Waals surface area contributed by atoms with Gasteiger partial charge in [0.1, 0.15) is 0 Å². The molecule has 0 bridgehead atoms. The van der Waals surface area contributed by atoms with Crippen molar-refractivity contribution in [3.8, 4) is 0 Å². The Morgan fingerprint density at radius 1 is 0.472 bits per heavy atom. The second kappa shape index (κ2) is 30.8. The summed E-state index contributed by atoms with van der Waals surface area (Å²) in [5.41, 5.74) is 0. The van der Waals surface area contributed by atoms with Gasteiger partial charge < -0.3 is 9.64 Å². The quantitative estimate of drug-likeness (QED) is 0.0711. The van der Waals surface area contributed by atoms with Gasteiger partial charge in [0.15, 0.2) is 6.07 Å². The molecule has 0 unspecified atom stereocenters. The number of nitrogens with zero attached hydrogens (tertiary/aromatic N) is 1. The summed E-state index contributed by atoms with van der Waals surface area (Å²) >= 11 is 5.64. The fraction of sp³-hybridized carbons (Fsp3) is 0.969. The van der Waals surface area contributed by atoms with Gasteiger partial charge in [-0.15, -0.1) is 0 Å². The van der Waals surface area contributed by atoms with Crippen LogP contribution in [0.15, 0.2) is 0 Å². The summed E-state index contributed by atoms with van der Waals surface area (Å²) in [7, 11) is 0. The summed E-state index contributed by atoms with van der Waals surface area (Å²) in [6, 6.07) is -0.0491. The number of rotatable bonds is 29. The Kier molecular flexibility index (Phi) is 30.4. The molecule has 0 N–H and O–H groups in total. The first kappa shape index (κ1) is 35.6. The summed E-state index contributed by atoms with van der Waals surface area (Å²) in [5, 5.41) is 0. The summed E-state index contributed by atoms with van der Waals surface area (Å²) in [4.78, 5) is 14.1. The van der Waals surface area contributed by atoms with Crippen molar-refractivity contribution in [3.63, 3.8) is 0 Å². The highest BCUT2D eigenvalue weighted by Gasteiger charge is 2.13. The van der Waals surface area contributed by atoms with Crippen molar-refractivity contribution in [2.45, 2.75) is 181 Å². The molecule has 0 aromatic carbocycles. The lowest BCUT2D eigenvalue weighted by atomic mass is 10.0. The van der Waals surface area contributed by atoms with Crippen molar-refractivity contribution in [1.29, 1.82) is 0 Å². The maximum absolute atomic E-state index is 12.3. The first-order chi connectivity index (χ1) is 17.8. The van der Waals surface area contributed by atoms with Crippen molar-refractivity contribution in [3.05, 3.63) is 0 Å². The number of hydrogen-bond donors (Lipinski definition) is 0. The van der Waals surface area contributed by atoms with Crippen molar-refractivity contribution < 1.29 is 9.53 Å². The van der Waals surface area contributed by atoms with Crippen molar-refractivity contribution in [2.24, 2.45) is 0 Å². The van der Waals surface area contributed by atoms with Crippen LogP contribution in [0.5, 0.6) is 0 Å². The Morgan fingerprint density at radius 3 is 0.972 bits per heavy atom. The van der Waals surface area contributed by atoms with E-state index in [0.717, 1.165) is 25.9 Å². The number of alkyl halides is 1. The van der Waals surface area contributed by atoms with Crippen LogP contribution in [-0.4, -0.2) is 30.1 Å². The molecule has 0 saturated carbocycles. The molecule has 1 amide bonds. The van der Waals surface area contributed by atoms with Gasteiger partial charge in [0, 0.05) is 13.1 Å². The van der Waals surface area contributed by atoms with Gasteiger partial charge in [0.05, 0.1) is 0 Å². The first-order valence-corrected chi connectivity index (χ1v) is 16.8. The molecule has 216 valence electrons. The molecule has 36 heavy (non-hydrogen) atoms. The number of hydrogen-bond acceptors (Lipinski definition) is 2. The zero-order valence-corrected chi connectivity index (χ0v) is 25.4. The number of amides is 1. The third-order valence-electron chi connectivity index (χ3n) is 7.50. The second-order valence-corrected chi connectivity index (χ2v) is 11.2. The summed E-state index contributed by atoms with van der Waals surface area (Å²) < 4.78 is 5.08. The summed E-state index contributed by atoms with van der Waals surface area (Å²) in [6.07, 6.45) is 34.8. The summed E-state index contributed by atoms with van der Waals surface area (Å²) in [6.45, 7) is 6.19. The normalized spacial score (nSPS) is 11.2. The predicted octanol–water partition coefficient (Wildman–Crippen LogP) is 11.8. The maximum atomic E-state index is 12.3. The molecule has 0 saturated heterocycles. The maximum Gasteiger partial charge on any atom is 0.410 e. The Hall–Kier alpha value is -0.440. The largest absolute Gasteiger partial charge is 0.433 e. The number of carbonyl (C=O) groups is 1. The van der Waals surface area contributed by atoms with Crippen LogP contribution in [0.1, 0.15) is 181 Å². The highest BCUT2D eigenvalue weighted by atomic mass is 35.5. The van der Waals surface area contributed by atoms with E-state index in [1.54, 1.807) is 0 Å². The lowest BCUT2D eigenvalue weighted by molar-refractivity contribution is 0.116. The van der Waals surface area contributed by atoms with Crippen molar-refractivity contribution in [2.75, 3.05) is 19.2 Å². The second-order valence-electron chi connectivity index (χ2n) is 11.0. The van der Waals surface area contributed by atoms with Crippen LogP contribution in [0.3, 0.4) is 0 Å². The average molecular weight is 530 g/mol. The summed E-state index contributed by atoms with van der Waals surface area (Å²) in [5.74, 6) is 0. The zero-order chi connectivity index (χ0) is 26.4. The van der Waals surface area contributed by atoms with Crippen LogP contribution in [0.2, 0.25) is 0 Å². The van der Waals surface area contributed by atoms with Gasteiger partial charge in [-0.05, 0) is 12.8 Å². The third kappa shape index (κ3) is 26.6. The van der Waals surface area contributed by atoms with E-state index in [2.05, 4.69) is 13.8 Å². The molecular formula is C32H64ClNO2. The van der Waals surface area contributed by atoms with E-state index in [0.29, 0.717) is 0 Å². The Labute approximate surface area is 231 Å². The lowest BCUT2D eigenvalue weighted by Gasteiger charge is -2.21. The van der Waals surface area contributed by atoms with E-state index in [1.165, 1.54) is 154 Å².